The van der Waals surface area contributed by atoms with Crippen molar-refractivity contribution in [2.45, 2.75) is 38.0 Å². The summed E-state index contributed by atoms with van der Waals surface area (Å²) in [4.78, 5) is 0. The van der Waals surface area contributed by atoms with Gasteiger partial charge < -0.3 is 5.11 Å². The molecule has 3 nitrogen and oxygen atoms in total. The molecule has 0 fully saturated rings. The summed E-state index contributed by atoms with van der Waals surface area (Å²) >= 11 is 0. The van der Waals surface area contributed by atoms with E-state index in [1.165, 1.54) is 0 Å². The predicted molar refractivity (Wildman–Crippen MR) is 46.2 cm³/mol. The van der Waals surface area contributed by atoms with Crippen LogP contribution in [0, 0.1) is 0 Å². The third kappa shape index (κ3) is 1.86. The Balaban J connectivity index is 2.33. The number of hydrogen-bond donors (Lipinski definition) is 2. The number of nitrogens with one attached hydrogen (secondary N) is 1. The van der Waals surface area contributed by atoms with Crippen molar-refractivity contribution in [1.82, 2.24) is 10.2 Å². The second-order valence-corrected chi connectivity index (χ2v) is 3.72. The first-order valence-corrected chi connectivity index (χ1v) is 4.81. The first kappa shape index (κ1) is 10.5. The van der Waals surface area contributed by atoms with Crippen molar-refractivity contribution in [3.05, 3.63) is 17.0 Å². The lowest BCUT2D eigenvalue weighted by molar-refractivity contribution is -0.208. The number of aromatic nitrogens is 2. The van der Waals surface area contributed by atoms with Gasteiger partial charge in [0.25, 0.3) is 0 Å². The summed E-state index contributed by atoms with van der Waals surface area (Å²) < 4.78 is 36.8. The van der Waals surface area contributed by atoms with Crippen LogP contribution < -0.4 is 0 Å². The van der Waals surface area contributed by atoms with Gasteiger partial charge in [0.1, 0.15) is 5.69 Å². The van der Waals surface area contributed by atoms with Crippen LogP contribution in [0.3, 0.4) is 0 Å². The molecule has 0 aliphatic heterocycles. The van der Waals surface area contributed by atoms with Crippen LogP contribution in [0.1, 0.15) is 35.9 Å². The molecule has 84 valence electrons. The third-order valence-corrected chi connectivity index (χ3v) is 2.66. The molecule has 0 aromatic carbocycles. The summed E-state index contributed by atoms with van der Waals surface area (Å²) in [7, 11) is 0. The molecular formula is C9H11F3N2O. The van der Waals surface area contributed by atoms with Crippen molar-refractivity contribution < 1.29 is 18.3 Å². The van der Waals surface area contributed by atoms with Crippen molar-refractivity contribution in [3.63, 3.8) is 0 Å². The maximum Gasteiger partial charge on any atom is 0.420 e. The van der Waals surface area contributed by atoms with Gasteiger partial charge in [0.05, 0.1) is 0 Å². The fourth-order valence-corrected chi connectivity index (χ4v) is 1.89. The van der Waals surface area contributed by atoms with Crippen molar-refractivity contribution in [2.24, 2.45) is 0 Å². The Morgan fingerprint density at radius 3 is 2.60 bits per heavy atom. The Hall–Kier alpha value is -1.04. The van der Waals surface area contributed by atoms with Crippen LogP contribution in [0.4, 0.5) is 13.2 Å². The van der Waals surface area contributed by atoms with E-state index in [0.717, 1.165) is 18.5 Å². The van der Waals surface area contributed by atoms with E-state index < -0.39 is 12.3 Å². The van der Waals surface area contributed by atoms with Crippen molar-refractivity contribution >= 4 is 0 Å². The van der Waals surface area contributed by atoms with Gasteiger partial charge in [-0.25, -0.2) is 0 Å². The smallest absolute Gasteiger partial charge is 0.378 e. The largest absolute Gasteiger partial charge is 0.420 e. The lowest BCUT2D eigenvalue weighted by Gasteiger charge is -2.16. The number of hydrogen-bond acceptors (Lipinski definition) is 2. The van der Waals surface area contributed by atoms with E-state index in [9.17, 15) is 13.2 Å². The summed E-state index contributed by atoms with van der Waals surface area (Å²) in [6, 6.07) is 0. The Bertz CT molecular complexity index is 359. The van der Waals surface area contributed by atoms with Gasteiger partial charge in [-0.1, -0.05) is 0 Å². The molecule has 0 saturated heterocycles. The number of fused-ring (bicyclic) bond motifs is 1. The first-order chi connectivity index (χ1) is 7.00. The molecule has 0 bridgehead atoms. The van der Waals surface area contributed by atoms with Gasteiger partial charge in [0, 0.05) is 5.69 Å². The number of aryl methyl sites for hydroxylation is 1. The second kappa shape index (κ2) is 3.52. The van der Waals surface area contributed by atoms with Gasteiger partial charge in [-0.15, -0.1) is 0 Å². The van der Waals surface area contributed by atoms with E-state index in [1.54, 1.807) is 0 Å². The lowest BCUT2D eigenvalue weighted by Crippen LogP contribution is -2.22. The highest BCUT2D eigenvalue weighted by molar-refractivity contribution is 5.29. The molecule has 15 heavy (non-hydrogen) atoms. The number of alkyl halides is 3. The average molecular weight is 220 g/mol. The summed E-state index contributed by atoms with van der Waals surface area (Å²) in [6.07, 6.45) is -4.02. The molecule has 1 aliphatic carbocycles. The Labute approximate surface area is 84.3 Å². The van der Waals surface area contributed by atoms with Crippen LogP contribution in [0.5, 0.6) is 0 Å². The van der Waals surface area contributed by atoms with E-state index in [0.29, 0.717) is 18.4 Å². The zero-order chi connectivity index (χ0) is 11.1. The highest BCUT2D eigenvalue weighted by Crippen LogP contribution is 2.35. The topological polar surface area (TPSA) is 48.9 Å². The number of rotatable bonds is 1. The summed E-state index contributed by atoms with van der Waals surface area (Å²) in [6.45, 7) is 0. The van der Waals surface area contributed by atoms with Gasteiger partial charge in [-0.2, -0.15) is 18.3 Å². The fourth-order valence-electron chi connectivity index (χ4n) is 1.89. The minimum atomic E-state index is -4.64. The maximum atomic E-state index is 12.3. The zero-order valence-corrected chi connectivity index (χ0v) is 7.93. The number of aliphatic hydroxyl groups is 1. The number of aromatic amines is 1. The molecule has 0 radical (unpaired) electrons. The molecule has 6 heteroatoms. The van der Waals surface area contributed by atoms with E-state index in [1.807, 2.05) is 0 Å². The summed E-state index contributed by atoms with van der Waals surface area (Å²) in [5.41, 5.74) is 1.03. The molecule has 0 amide bonds. The third-order valence-electron chi connectivity index (χ3n) is 2.66. The van der Waals surface area contributed by atoms with Crippen molar-refractivity contribution in [3.8, 4) is 0 Å². The molecular weight excluding hydrogens is 209 g/mol. The molecule has 1 aromatic rings. The van der Waals surface area contributed by atoms with Crippen molar-refractivity contribution in [1.29, 1.82) is 0 Å². The number of halogens is 3. The van der Waals surface area contributed by atoms with E-state index >= 15 is 0 Å². The van der Waals surface area contributed by atoms with E-state index in [2.05, 4.69) is 10.2 Å². The zero-order valence-electron chi connectivity index (χ0n) is 7.93. The lowest BCUT2D eigenvalue weighted by atomic mass is 9.94. The molecule has 1 aliphatic rings. The van der Waals surface area contributed by atoms with Gasteiger partial charge in [0.2, 0.25) is 0 Å². The SMILES string of the molecule is OC(c1n[nH]c2c1CCCC2)C(F)(F)F. The number of nitrogens with zero attached hydrogens (tertiary/aromatic N) is 1. The standard InChI is InChI=1S/C9H11F3N2O/c10-9(11,12)8(15)7-5-3-1-2-4-6(5)13-14-7/h8,15H,1-4H2,(H,13,14). The minimum absolute atomic E-state index is 0.253. The highest BCUT2D eigenvalue weighted by atomic mass is 19.4. The second-order valence-electron chi connectivity index (χ2n) is 3.72. The Kier molecular flexibility index (Phi) is 2.46. The van der Waals surface area contributed by atoms with Crippen LogP contribution in [-0.2, 0) is 12.8 Å². The normalized spacial score (nSPS) is 18.7. The molecule has 2 rings (SSSR count). The summed E-state index contributed by atoms with van der Waals surface area (Å²) in [5.74, 6) is 0. The molecule has 0 spiro atoms. The van der Waals surface area contributed by atoms with Crippen LogP contribution >= 0.6 is 0 Å². The molecule has 0 saturated carbocycles. The molecule has 1 aromatic heterocycles. The Morgan fingerprint density at radius 2 is 1.93 bits per heavy atom. The summed E-state index contributed by atoms with van der Waals surface area (Å²) in [5, 5.41) is 15.2. The van der Waals surface area contributed by atoms with E-state index in [4.69, 9.17) is 5.11 Å². The molecule has 1 atom stereocenters. The minimum Gasteiger partial charge on any atom is -0.378 e. The van der Waals surface area contributed by atoms with Gasteiger partial charge >= 0.3 is 6.18 Å². The van der Waals surface area contributed by atoms with Gasteiger partial charge in [0.15, 0.2) is 6.10 Å². The predicted octanol–water partition coefficient (Wildman–Crippen LogP) is 1.88. The monoisotopic (exact) mass is 220 g/mol. The average Bonchev–Trinajstić information content (AvgIpc) is 2.58. The van der Waals surface area contributed by atoms with Crippen LogP contribution in [0.2, 0.25) is 0 Å². The van der Waals surface area contributed by atoms with Crippen molar-refractivity contribution in [2.75, 3.05) is 0 Å². The number of H-pyrrole nitrogens is 1. The van der Waals surface area contributed by atoms with Crippen LogP contribution in [0.25, 0.3) is 0 Å². The number of aliphatic hydroxyl groups excluding tert-OH is 1. The molecule has 1 unspecified atom stereocenters. The van der Waals surface area contributed by atoms with Crippen LogP contribution in [0.15, 0.2) is 0 Å². The van der Waals surface area contributed by atoms with E-state index in [-0.39, 0.29) is 5.69 Å². The molecule has 1 heterocycles. The molecule has 2 N–H and O–H groups in total. The van der Waals surface area contributed by atoms with Gasteiger partial charge in [-0.3, -0.25) is 5.10 Å². The van der Waals surface area contributed by atoms with Crippen LogP contribution in [-0.4, -0.2) is 21.5 Å². The maximum absolute atomic E-state index is 12.3. The highest BCUT2D eigenvalue weighted by Gasteiger charge is 2.42. The van der Waals surface area contributed by atoms with Gasteiger partial charge in [-0.05, 0) is 31.2 Å². The quantitative estimate of drug-likeness (QED) is 0.759. The Morgan fingerprint density at radius 1 is 1.27 bits per heavy atom. The fraction of sp³-hybridized carbons (Fsp3) is 0.667. The first-order valence-electron chi connectivity index (χ1n) is 4.81.